The zero-order valence-corrected chi connectivity index (χ0v) is 18.7. The Morgan fingerprint density at radius 1 is 1.13 bits per heavy atom. The van der Waals surface area contributed by atoms with E-state index >= 15 is 0 Å². The second-order valence-electron chi connectivity index (χ2n) is 7.50. The number of nitrogens with two attached hydrogens (primary N) is 2. The zero-order chi connectivity index (χ0) is 23.2. The average Bonchev–Trinajstić information content (AvgIpc) is 2.69. The Balaban J connectivity index is 2.31. The molecule has 0 radical (unpaired) electrons. The van der Waals surface area contributed by atoms with Gasteiger partial charge in [0.2, 0.25) is 5.91 Å². The van der Waals surface area contributed by atoms with Crippen molar-refractivity contribution in [3.8, 4) is 0 Å². The summed E-state index contributed by atoms with van der Waals surface area (Å²) in [5, 5.41) is 13.6. The van der Waals surface area contributed by atoms with E-state index in [1.54, 1.807) is 13.8 Å². The number of sulfonamides is 1. The number of aliphatic hydroxyl groups excluding tert-OH is 1. The van der Waals surface area contributed by atoms with E-state index in [0.29, 0.717) is 6.42 Å². The number of nitrogen functional groups attached to an aromatic ring is 2. The van der Waals surface area contributed by atoms with Crippen LogP contribution in [0.15, 0.2) is 53.4 Å². The summed E-state index contributed by atoms with van der Waals surface area (Å²) in [6.07, 6.45) is -1.42. The van der Waals surface area contributed by atoms with Crippen molar-refractivity contribution in [3.63, 3.8) is 0 Å². The van der Waals surface area contributed by atoms with Crippen molar-refractivity contribution in [2.75, 3.05) is 18.0 Å². The number of hydrogen-bond acceptors (Lipinski definition) is 7. The number of benzene rings is 2. The SMILES string of the molecule is CC(=O)N[C@@H](Cc1ccccc1)[C@H](O)CN(OC(C)C)S(=O)(=O)c1ccc(N)c(N)c1. The van der Waals surface area contributed by atoms with Crippen molar-refractivity contribution in [1.29, 1.82) is 0 Å². The molecule has 9 nitrogen and oxygen atoms in total. The van der Waals surface area contributed by atoms with Gasteiger partial charge < -0.3 is 21.9 Å². The number of carbonyl (C=O) groups is 1. The molecule has 0 aliphatic rings. The van der Waals surface area contributed by atoms with Crippen LogP contribution in [0.2, 0.25) is 0 Å². The lowest BCUT2D eigenvalue weighted by Gasteiger charge is -2.30. The van der Waals surface area contributed by atoms with Crippen molar-refractivity contribution in [3.05, 3.63) is 54.1 Å². The molecular weight excluding hydrogens is 420 g/mol. The molecule has 0 aliphatic heterocycles. The van der Waals surface area contributed by atoms with Crippen LogP contribution in [0.5, 0.6) is 0 Å². The number of rotatable bonds is 10. The van der Waals surface area contributed by atoms with Crippen LogP contribution in [-0.4, -0.2) is 48.7 Å². The standard InChI is InChI=1S/C21H30N4O5S/c1-14(2)30-25(31(28,29)17-9-10-18(22)19(23)12-17)13-21(27)20(24-15(3)26)11-16-7-5-4-6-8-16/h4-10,12,14,20-21,27H,11,13,22-23H2,1-3H3,(H,24,26)/t20-,21+/m0/s1. The molecule has 2 aromatic rings. The van der Waals surface area contributed by atoms with Crippen LogP contribution in [0, 0.1) is 0 Å². The molecule has 2 atom stereocenters. The van der Waals surface area contributed by atoms with Crippen LogP contribution >= 0.6 is 0 Å². The molecule has 0 fully saturated rings. The number of amides is 1. The van der Waals surface area contributed by atoms with Gasteiger partial charge in [-0.2, -0.15) is 0 Å². The first-order valence-corrected chi connectivity index (χ1v) is 11.3. The topological polar surface area (TPSA) is 148 Å². The summed E-state index contributed by atoms with van der Waals surface area (Å²) in [7, 11) is -4.16. The maximum absolute atomic E-state index is 13.2. The molecule has 0 aromatic heterocycles. The number of hydroxylamine groups is 1. The predicted molar refractivity (Wildman–Crippen MR) is 119 cm³/mol. The molecular formula is C21H30N4O5S. The summed E-state index contributed by atoms with van der Waals surface area (Å²) < 4.78 is 27.1. The third-order valence-electron chi connectivity index (χ3n) is 4.44. The van der Waals surface area contributed by atoms with Gasteiger partial charge in [0.05, 0.1) is 41.1 Å². The van der Waals surface area contributed by atoms with E-state index in [2.05, 4.69) is 5.32 Å². The molecule has 31 heavy (non-hydrogen) atoms. The van der Waals surface area contributed by atoms with Crippen molar-refractivity contribution in [1.82, 2.24) is 9.79 Å². The van der Waals surface area contributed by atoms with Gasteiger partial charge in [-0.25, -0.2) is 8.42 Å². The van der Waals surface area contributed by atoms with Gasteiger partial charge in [-0.05, 0) is 44.0 Å². The molecule has 0 aliphatic carbocycles. The molecule has 2 aromatic carbocycles. The maximum atomic E-state index is 13.2. The number of aliphatic hydroxyl groups is 1. The highest BCUT2D eigenvalue weighted by Gasteiger charge is 2.32. The molecule has 6 N–H and O–H groups in total. The molecule has 170 valence electrons. The van der Waals surface area contributed by atoms with Gasteiger partial charge in [0.1, 0.15) is 0 Å². The Bertz CT molecular complexity index is 983. The lowest BCUT2D eigenvalue weighted by Crippen LogP contribution is -2.50. The molecule has 0 unspecified atom stereocenters. The Morgan fingerprint density at radius 2 is 1.77 bits per heavy atom. The third kappa shape index (κ3) is 6.93. The largest absolute Gasteiger partial charge is 0.397 e. The summed E-state index contributed by atoms with van der Waals surface area (Å²) in [5.41, 5.74) is 12.7. The smallest absolute Gasteiger partial charge is 0.265 e. The Morgan fingerprint density at radius 3 is 2.32 bits per heavy atom. The van der Waals surface area contributed by atoms with E-state index in [4.69, 9.17) is 16.3 Å². The predicted octanol–water partition coefficient (Wildman–Crippen LogP) is 1.29. The molecule has 0 heterocycles. The van der Waals surface area contributed by atoms with Gasteiger partial charge in [0.15, 0.2) is 0 Å². The van der Waals surface area contributed by atoms with Crippen LogP contribution in [0.4, 0.5) is 11.4 Å². The van der Waals surface area contributed by atoms with Crippen molar-refractivity contribution in [2.45, 2.75) is 50.3 Å². The highest BCUT2D eigenvalue weighted by atomic mass is 32.2. The van der Waals surface area contributed by atoms with Crippen LogP contribution in [-0.2, 0) is 26.1 Å². The summed E-state index contributed by atoms with van der Waals surface area (Å²) in [6.45, 7) is 4.27. The van der Waals surface area contributed by atoms with Gasteiger partial charge in [-0.3, -0.25) is 9.63 Å². The molecule has 0 saturated carbocycles. The van der Waals surface area contributed by atoms with E-state index in [1.807, 2.05) is 30.3 Å². The Labute approximate surface area is 183 Å². The summed E-state index contributed by atoms with van der Waals surface area (Å²) >= 11 is 0. The van der Waals surface area contributed by atoms with E-state index < -0.39 is 34.8 Å². The normalized spacial score (nSPS) is 13.9. The minimum Gasteiger partial charge on any atom is -0.397 e. The van der Waals surface area contributed by atoms with Gasteiger partial charge in [-0.15, -0.1) is 0 Å². The van der Waals surface area contributed by atoms with Gasteiger partial charge in [0, 0.05) is 6.92 Å². The zero-order valence-electron chi connectivity index (χ0n) is 17.9. The van der Waals surface area contributed by atoms with Gasteiger partial charge in [-0.1, -0.05) is 34.8 Å². The molecule has 1 amide bonds. The van der Waals surface area contributed by atoms with Crippen LogP contribution < -0.4 is 16.8 Å². The molecule has 0 bridgehead atoms. The number of nitrogens with one attached hydrogen (secondary N) is 1. The van der Waals surface area contributed by atoms with Crippen LogP contribution in [0.3, 0.4) is 0 Å². The fraction of sp³-hybridized carbons (Fsp3) is 0.381. The summed E-state index contributed by atoms with van der Waals surface area (Å²) in [5.74, 6) is -0.342. The fourth-order valence-electron chi connectivity index (χ4n) is 2.96. The van der Waals surface area contributed by atoms with Crippen molar-refractivity contribution >= 4 is 27.3 Å². The van der Waals surface area contributed by atoms with Gasteiger partial charge in [0.25, 0.3) is 10.0 Å². The Kier molecular flexibility index (Phi) is 8.40. The molecule has 10 heteroatoms. The minimum absolute atomic E-state index is 0.117. The monoisotopic (exact) mass is 450 g/mol. The van der Waals surface area contributed by atoms with E-state index in [1.165, 1.54) is 25.1 Å². The number of nitrogens with zero attached hydrogens (tertiary/aromatic N) is 1. The third-order valence-corrected chi connectivity index (χ3v) is 6.06. The van der Waals surface area contributed by atoms with Crippen LogP contribution in [0.25, 0.3) is 0 Å². The van der Waals surface area contributed by atoms with Crippen molar-refractivity contribution in [2.24, 2.45) is 0 Å². The molecule has 2 rings (SSSR count). The summed E-state index contributed by atoms with van der Waals surface area (Å²) in [4.78, 5) is 17.1. The average molecular weight is 451 g/mol. The minimum atomic E-state index is -4.16. The van der Waals surface area contributed by atoms with Crippen LogP contribution in [0.1, 0.15) is 26.3 Å². The number of anilines is 2. The second-order valence-corrected chi connectivity index (χ2v) is 9.33. The number of hydrogen-bond donors (Lipinski definition) is 4. The summed E-state index contributed by atoms with van der Waals surface area (Å²) in [6, 6.07) is 12.5. The fourth-order valence-corrected chi connectivity index (χ4v) is 4.34. The van der Waals surface area contributed by atoms with Gasteiger partial charge >= 0.3 is 0 Å². The lowest BCUT2D eigenvalue weighted by atomic mass is 10.0. The van der Waals surface area contributed by atoms with E-state index in [-0.39, 0.29) is 22.2 Å². The quantitative estimate of drug-likeness (QED) is 0.315. The first-order chi connectivity index (χ1) is 14.5. The maximum Gasteiger partial charge on any atom is 0.265 e. The first-order valence-electron chi connectivity index (χ1n) is 9.84. The van der Waals surface area contributed by atoms with E-state index in [0.717, 1.165) is 10.0 Å². The number of carbonyl (C=O) groups excluding carboxylic acids is 1. The lowest BCUT2D eigenvalue weighted by molar-refractivity contribution is -0.138. The molecule has 0 saturated heterocycles. The molecule has 0 spiro atoms. The van der Waals surface area contributed by atoms with Crippen molar-refractivity contribution < 1.29 is 23.2 Å². The van der Waals surface area contributed by atoms with E-state index in [9.17, 15) is 18.3 Å². The highest BCUT2D eigenvalue weighted by Crippen LogP contribution is 2.24. The highest BCUT2D eigenvalue weighted by molar-refractivity contribution is 7.89. The Hall–Kier alpha value is -2.66. The first kappa shape index (κ1) is 24.6. The second kappa shape index (κ2) is 10.6.